The second-order valence-electron chi connectivity index (χ2n) is 13.3. The maximum absolute atomic E-state index is 13.1. The topological polar surface area (TPSA) is 63.7 Å². The number of aromatic nitrogens is 1. The minimum atomic E-state index is -0.556. The Hall–Kier alpha value is -3.09. The SMILES string of the molecule is COCCCc1ccccc1-c1ccc([C@H]2CN(C(=O)OC(C)(C)C)CC[C@@H]2c2ccc(NC(C)(C)C)nc2)c(Cl)c1. The van der Waals surface area contributed by atoms with E-state index in [-0.39, 0.29) is 23.5 Å². The molecule has 1 amide bonds. The van der Waals surface area contributed by atoms with Crippen LogP contribution in [0.25, 0.3) is 11.1 Å². The molecule has 1 aromatic heterocycles. The summed E-state index contributed by atoms with van der Waals surface area (Å²) in [7, 11) is 1.74. The van der Waals surface area contributed by atoms with E-state index in [1.54, 1.807) is 7.11 Å². The summed E-state index contributed by atoms with van der Waals surface area (Å²) < 4.78 is 11.0. The lowest BCUT2D eigenvalue weighted by atomic mass is 9.77. The van der Waals surface area contributed by atoms with Gasteiger partial charge in [-0.1, -0.05) is 54.1 Å². The van der Waals surface area contributed by atoms with Crippen molar-refractivity contribution in [3.05, 3.63) is 82.5 Å². The summed E-state index contributed by atoms with van der Waals surface area (Å²) in [5.41, 5.74) is 5.10. The van der Waals surface area contributed by atoms with Gasteiger partial charge in [0, 0.05) is 49.5 Å². The number of nitrogens with zero attached hydrogens (tertiary/aromatic N) is 2. The average molecular weight is 592 g/mol. The van der Waals surface area contributed by atoms with Crippen LogP contribution in [0.1, 0.15) is 82.9 Å². The third kappa shape index (κ3) is 8.48. The highest BCUT2D eigenvalue weighted by Gasteiger charge is 2.36. The maximum atomic E-state index is 13.1. The van der Waals surface area contributed by atoms with Crippen LogP contribution >= 0.6 is 11.6 Å². The van der Waals surface area contributed by atoms with E-state index >= 15 is 0 Å². The van der Waals surface area contributed by atoms with Crippen molar-refractivity contribution in [2.45, 2.75) is 83.8 Å². The Morgan fingerprint density at radius 3 is 2.45 bits per heavy atom. The highest BCUT2D eigenvalue weighted by atomic mass is 35.5. The summed E-state index contributed by atoms with van der Waals surface area (Å²) in [6, 6.07) is 19.0. The van der Waals surface area contributed by atoms with E-state index in [1.807, 2.05) is 37.9 Å². The Balaban J connectivity index is 1.66. The highest BCUT2D eigenvalue weighted by molar-refractivity contribution is 6.31. The van der Waals surface area contributed by atoms with Crippen molar-refractivity contribution in [3.63, 3.8) is 0 Å². The molecule has 7 heteroatoms. The summed E-state index contributed by atoms with van der Waals surface area (Å²) in [4.78, 5) is 19.7. The first-order chi connectivity index (χ1) is 19.8. The van der Waals surface area contributed by atoms with Crippen molar-refractivity contribution in [2.24, 2.45) is 0 Å². The van der Waals surface area contributed by atoms with Gasteiger partial charge in [-0.15, -0.1) is 0 Å². The number of piperidine rings is 1. The van der Waals surface area contributed by atoms with Gasteiger partial charge in [-0.2, -0.15) is 0 Å². The first-order valence-corrected chi connectivity index (χ1v) is 15.3. The van der Waals surface area contributed by atoms with Gasteiger partial charge in [-0.25, -0.2) is 9.78 Å². The van der Waals surface area contributed by atoms with Gasteiger partial charge in [-0.05, 0) is 107 Å². The zero-order valence-corrected chi connectivity index (χ0v) is 26.9. The third-order valence-corrected chi connectivity index (χ3v) is 7.83. The van der Waals surface area contributed by atoms with Gasteiger partial charge in [0.1, 0.15) is 11.4 Å². The Labute approximate surface area is 256 Å². The monoisotopic (exact) mass is 591 g/mol. The number of amides is 1. The fraction of sp³-hybridized carbons (Fsp3) is 0.486. The van der Waals surface area contributed by atoms with Crippen molar-refractivity contribution in [2.75, 3.05) is 32.1 Å². The molecule has 0 unspecified atom stereocenters. The molecule has 0 aliphatic carbocycles. The number of likely N-dealkylation sites (tertiary alicyclic amines) is 1. The van der Waals surface area contributed by atoms with Crippen LogP contribution in [0.4, 0.5) is 10.6 Å². The predicted octanol–water partition coefficient (Wildman–Crippen LogP) is 8.70. The molecule has 0 bridgehead atoms. The van der Waals surface area contributed by atoms with Crippen LogP contribution in [0, 0.1) is 0 Å². The molecular formula is C35H46ClN3O3. The number of aryl methyl sites for hydroxylation is 1. The first kappa shape index (κ1) is 31.8. The van der Waals surface area contributed by atoms with Crippen molar-refractivity contribution in [3.8, 4) is 11.1 Å². The average Bonchev–Trinajstić information content (AvgIpc) is 2.92. The lowest BCUT2D eigenvalue weighted by Crippen LogP contribution is -2.44. The molecule has 0 saturated carbocycles. The number of anilines is 1. The number of pyridine rings is 1. The molecule has 1 aliphatic rings. The predicted molar refractivity (Wildman–Crippen MR) is 173 cm³/mol. The Morgan fingerprint density at radius 2 is 1.81 bits per heavy atom. The van der Waals surface area contributed by atoms with Crippen LogP contribution in [0.5, 0.6) is 0 Å². The number of carbonyl (C=O) groups excluding carboxylic acids is 1. The third-order valence-electron chi connectivity index (χ3n) is 7.50. The van der Waals surface area contributed by atoms with E-state index in [0.717, 1.165) is 48.4 Å². The zero-order valence-electron chi connectivity index (χ0n) is 26.2. The van der Waals surface area contributed by atoms with Crippen molar-refractivity contribution in [1.82, 2.24) is 9.88 Å². The molecule has 2 aromatic carbocycles. The summed E-state index contributed by atoms with van der Waals surface area (Å²) in [5, 5.41) is 4.15. The van der Waals surface area contributed by atoms with Gasteiger partial charge in [0.15, 0.2) is 0 Å². The van der Waals surface area contributed by atoms with Crippen molar-refractivity contribution < 1.29 is 14.3 Å². The molecule has 0 spiro atoms. The summed E-state index contributed by atoms with van der Waals surface area (Å²) in [6.45, 7) is 13.9. The van der Waals surface area contributed by atoms with Gasteiger partial charge in [-0.3, -0.25) is 0 Å². The number of benzene rings is 2. The highest BCUT2D eigenvalue weighted by Crippen LogP contribution is 2.43. The van der Waals surface area contributed by atoms with Gasteiger partial charge in [0.05, 0.1) is 0 Å². The maximum Gasteiger partial charge on any atom is 0.410 e. The fourth-order valence-electron chi connectivity index (χ4n) is 5.66. The molecule has 226 valence electrons. The Morgan fingerprint density at radius 1 is 1.05 bits per heavy atom. The number of halogens is 1. The Bertz CT molecular complexity index is 1340. The number of nitrogens with one attached hydrogen (secondary N) is 1. The molecule has 0 radical (unpaired) electrons. The standard InChI is InChI=1S/C35H46ClN3O3/c1-34(2,3)38-32-17-15-26(22-37-32)28-18-19-39(33(40)42-35(4,5)6)23-30(28)29-16-14-25(21-31(29)36)27-13-9-8-11-24(27)12-10-20-41-7/h8-9,11,13-17,21-22,28,30H,10,12,18-20,23H2,1-7H3,(H,37,38)/t28-,30+/m1/s1. The quantitative estimate of drug-likeness (QED) is 0.265. The van der Waals surface area contributed by atoms with Crippen LogP contribution in [0.15, 0.2) is 60.8 Å². The van der Waals surface area contributed by atoms with Gasteiger partial charge in [0.25, 0.3) is 0 Å². The molecule has 1 N–H and O–H groups in total. The fourth-order valence-corrected chi connectivity index (χ4v) is 5.98. The molecular weight excluding hydrogens is 546 g/mol. The summed E-state index contributed by atoms with van der Waals surface area (Å²) in [5.74, 6) is 0.998. The van der Waals surface area contributed by atoms with Crippen LogP contribution in [0.3, 0.4) is 0 Å². The van der Waals surface area contributed by atoms with Gasteiger partial charge < -0.3 is 19.7 Å². The second kappa shape index (κ2) is 13.5. The van der Waals surface area contributed by atoms with Crippen LogP contribution < -0.4 is 5.32 Å². The smallest absolute Gasteiger partial charge is 0.410 e. The van der Waals surface area contributed by atoms with Crippen LogP contribution in [-0.4, -0.2) is 53.9 Å². The van der Waals surface area contributed by atoms with Crippen LogP contribution in [-0.2, 0) is 15.9 Å². The number of methoxy groups -OCH3 is 1. The van der Waals surface area contributed by atoms with Gasteiger partial charge in [0.2, 0.25) is 0 Å². The van der Waals surface area contributed by atoms with Gasteiger partial charge >= 0.3 is 6.09 Å². The molecule has 1 fully saturated rings. The summed E-state index contributed by atoms with van der Waals surface area (Å²) in [6.07, 6.45) is 4.37. The molecule has 1 saturated heterocycles. The minimum Gasteiger partial charge on any atom is -0.444 e. The minimum absolute atomic E-state index is 0.00649. The lowest BCUT2D eigenvalue weighted by molar-refractivity contribution is 0.0184. The second-order valence-corrected chi connectivity index (χ2v) is 13.7. The lowest BCUT2D eigenvalue weighted by Gasteiger charge is -2.40. The molecule has 3 aromatic rings. The van der Waals surface area contributed by atoms with E-state index in [1.165, 1.54) is 11.1 Å². The summed E-state index contributed by atoms with van der Waals surface area (Å²) >= 11 is 7.10. The number of rotatable bonds is 8. The van der Waals surface area contributed by atoms with Crippen LogP contribution in [0.2, 0.25) is 5.02 Å². The van der Waals surface area contributed by atoms with E-state index < -0.39 is 5.60 Å². The molecule has 6 nitrogen and oxygen atoms in total. The first-order valence-electron chi connectivity index (χ1n) is 14.9. The van der Waals surface area contributed by atoms with E-state index in [9.17, 15) is 4.79 Å². The molecule has 42 heavy (non-hydrogen) atoms. The van der Waals surface area contributed by atoms with E-state index in [0.29, 0.717) is 18.1 Å². The number of carbonyl (C=O) groups is 1. The molecule has 4 rings (SSSR count). The normalized spacial score (nSPS) is 17.7. The van der Waals surface area contributed by atoms with E-state index in [4.69, 9.17) is 26.1 Å². The number of hydrogen-bond acceptors (Lipinski definition) is 5. The molecule has 1 aliphatic heterocycles. The Kier molecular flexibility index (Phi) is 10.2. The largest absolute Gasteiger partial charge is 0.444 e. The number of hydrogen-bond donors (Lipinski definition) is 1. The van der Waals surface area contributed by atoms with Crippen molar-refractivity contribution >= 4 is 23.5 Å². The zero-order chi connectivity index (χ0) is 30.5. The van der Waals surface area contributed by atoms with E-state index in [2.05, 4.69) is 74.6 Å². The molecule has 2 atom stereocenters. The molecule has 2 heterocycles. The number of ether oxygens (including phenoxy) is 2. The van der Waals surface area contributed by atoms with Crippen molar-refractivity contribution in [1.29, 1.82) is 0 Å².